The highest BCUT2D eigenvalue weighted by molar-refractivity contribution is 5.97. The molecule has 0 spiro atoms. The molecule has 2 aromatic rings. The SMILES string of the molecule is COc1ccc(C(=O)C[N+]23CCC(CC2)[C@@H](OC(=O)[C@H](c2ccccc2)N2CCCCC2)C3)cc1. The van der Waals surface area contributed by atoms with Gasteiger partial charge in [0.05, 0.1) is 20.2 Å². The summed E-state index contributed by atoms with van der Waals surface area (Å²) in [6.07, 6.45) is 5.36. The lowest BCUT2D eigenvalue weighted by Crippen LogP contribution is -2.66. The van der Waals surface area contributed by atoms with Gasteiger partial charge in [-0.25, -0.2) is 4.79 Å². The summed E-state index contributed by atoms with van der Waals surface area (Å²) < 4.78 is 12.3. The Labute approximate surface area is 208 Å². The Morgan fingerprint density at radius 3 is 2.31 bits per heavy atom. The van der Waals surface area contributed by atoms with E-state index in [4.69, 9.17) is 9.47 Å². The molecule has 2 aromatic carbocycles. The number of carbonyl (C=O) groups excluding carboxylic acids is 2. The second kappa shape index (κ2) is 10.5. The first-order valence-corrected chi connectivity index (χ1v) is 13.1. The molecule has 4 aliphatic heterocycles. The van der Waals surface area contributed by atoms with E-state index in [1.54, 1.807) is 7.11 Å². The highest BCUT2D eigenvalue weighted by Crippen LogP contribution is 2.37. The first-order chi connectivity index (χ1) is 17.1. The Balaban J connectivity index is 1.29. The molecular formula is C29H37N2O4+. The Morgan fingerprint density at radius 2 is 1.66 bits per heavy atom. The number of piperidine rings is 4. The molecular weight excluding hydrogens is 440 g/mol. The van der Waals surface area contributed by atoms with Crippen LogP contribution in [0.15, 0.2) is 54.6 Å². The molecule has 0 unspecified atom stereocenters. The summed E-state index contributed by atoms with van der Waals surface area (Å²) >= 11 is 0. The van der Waals surface area contributed by atoms with Crippen LogP contribution in [0, 0.1) is 5.92 Å². The van der Waals surface area contributed by atoms with Gasteiger partial charge in [0.15, 0.2) is 6.10 Å². The highest BCUT2D eigenvalue weighted by atomic mass is 16.5. The Kier molecular flexibility index (Phi) is 7.21. The number of ether oxygens (including phenoxy) is 2. The Morgan fingerprint density at radius 1 is 0.971 bits per heavy atom. The number of Topliss-reactive ketones (excluding diaryl/α,β-unsaturated/α-hetero) is 1. The molecule has 0 aromatic heterocycles. The largest absolute Gasteiger partial charge is 0.497 e. The van der Waals surface area contributed by atoms with Crippen molar-refractivity contribution in [3.63, 3.8) is 0 Å². The number of carbonyl (C=O) groups is 2. The summed E-state index contributed by atoms with van der Waals surface area (Å²) in [5.41, 5.74) is 1.73. The quantitative estimate of drug-likeness (QED) is 0.323. The third-order valence-corrected chi connectivity index (χ3v) is 8.29. The van der Waals surface area contributed by atoms with Crippen molar-refractivity contribution in [1.82, 2.24) is 4.90 Å². The molecule has 6 heteroatoms. The zero-order chi connectivity index (χ0) is 24.3. The average Bonchev–Trinajstić information content (AvgIpc) is 2.90. The fourth-order valence-electron chi connectivity index (χ4n) is 6.27. The molecule has 4 heterocycles. The van der Waals surface area contributed by atoms with Crippen molar-refractivity contribution < 1.29 is 23.5 Å². The number of ketones is 1. The van der Waals surface area contributed by atoms with Gasteiger partial charge in [-0.05, 0) is 55.8 Å². The summed E-state index contributed by atoms with van der Waals surface area (Å²) in [6.45, 7) is 5.02. The van der Waals surface area contributed by atoms with E-state index in [1.165, 1.54) is 6.42 Å². The number of methoxy groups -OCH3 is 1. The Hall–Kier alpha value is -2.70. The van der Waals surface area contributed by atoms with Gasteiger partial charge in [-0.3, -0.25) is 9.69 Å². The lowest BCUT2D eigenvalue weighted by Gasteiger charge is -2.51. The fourth-order valence-corrected chi connectivity index (χ4v) is 6.27. The van der Waals surface area contributed by atoms with Gasteiger partial charge in [-0.2, -0.15) is 0 Å². The molecule has 0 N–H and O–H groups in total. The smallest absolute Gasteiger partial charge is 0.328 e. The zero-order valence-electron chi connectivity index (χ0n) is 20.7. The van der Waals surface area contributed by atoms with Crippen LogP contribution in [0.1, 0.15) is 54.1 Å². The predicted octanol–water partition coefficient (Wildman–Crippen LogP) is 4.26. The third-order valence-electron chi connectivity index (χ3n) is 8.29. The van der Waals surface area contributed by atoms with E-state index in [2.05, 4.69) is 4.90 Å². The molecule has 6 nitrogen and oxygen atoms in total. The van der Waals surface area contributed by atoms with Crippen LogP contribution in [0.5, 0.6) is 5.75 Å². The van der Waals surface area contributed by atoms with E-state index in [-0.39, 0.29) is 23.9 Å². The van der Waals surface area contributed by atoms with Gasteiger partial charge in [0.2, 0.25) is 5.78 Å². The maximum Gasteiger partial charge on any atom is 0.328 e. The second-order valence-electron chi connectivity index (χ2n) is 10.5. The van der Waals surface area contributed by atoms with E-state index in [0.29, 0.717) is 18.0 Å². The van der Waals surface area contributed by atoms with Crippen molar-refractivity contribution in [3.8, 4) is 5.75 Å². The summed E-state index contributed by atoms with van der Waals surface area (Å²) in [5, 5.41) is 0. The normalized spacial score (nSPS) is 27.2. The minimum absolute atomic E-state index is 0.121. The molecule has 186 valence electrons. The van der Waals surface area contributed by atoms with E-state index in [1.807, 2.05) is 54.6 Å². The molecule has 4 saturated heterocycles. The van der Waals surface area contributed by atoms with Gasteiger partial charge in [0.25, 0.3) is 0 Å². The summed E-state index contributed by atoms with van der Waals surface area (Å²) in [6, 6.07) is 17.1. The number of esters is 1. The predicted molar refractivity (Wildman–Crippen MR) is 134 cm³/mol. The van der Waals surface area contributed by atoms with Crippen LogP contribution >= 0.6 is 0 Å². The van der Waals surface area contributed by atoms with Gasteiger partial charge < -0.3 is 14.0 Å². The highest BCUT2D eigenvalue weighted by Gasteiger charge is 2.49. The number of likely N-dealkylation sites (tertiary alicyclic amines) is 1. The topological polar surface area (TPSA) is 55.8 Å². The molecule has 2 bridgehead atoms. The molecule has 4 aliphatic rings. The molecule has 6 rings (SSSR count). The van der Waals surface area contributed by atoms with Crippen LogP contribution in [0.4, 0.5) is 0 Å². The first kappa shape index (κ1) is 24.0. The van der Waals surface area contributed by atoms with Crippen molar-refractivity contribution in [3.05, 3.63) is 65.7 Å². The van der Waals surface area contributed by atoms with Gasteiger partial charge in [0.1, 0.15) is 24.9 Å². The molecule has 0 amide bonds. The molecule has 0 aliphatic carbocycles. The summed E-state index contributed by atoms with van der Waals surface area (Å²) in [5.74, 6) is 1.17. The number of hydrogen-bond donors (Lipinski definition) is 0. The van der Waals surface area contributed by atoms with Crippen LogP contribution < -0.4 is 4.74 Å². The average molecular weight is 478 g/mol. The summed E-state index contributed by atoms with van der Waals surface area (Å²) in [4.78, 5) is 29.1. The van der Waals surface area contributed by atoms with E-state index in [0.717, 1.165) is 74.2 Å². The molecule has 35 heavy (non-hydrogen) atoms. The maximum atomic E-state index is 13.6. The monoisotopic (exact) mass is 477 g/mol. The maximum absolute atomic E-state index is 13.6. The lowest BCUT2D eigenvalue weighted by molar-refractivity contribution is -0.938. The fraction of sp³-hybridized carbons (Fsp3) is 0.517. The van der Waals surface area contributed by atoms with Crippen molar-refractivity contribution in [2.75, 3.05) is 46.4 Å². The van der Waals surface area contributed by atoms with Gasteiger partial charge in [-0.1, -0.05) is 36.8 Å². The number of hydrogen-bond acceptors (Lipinski definition) is 5. The number of quaternary nitrogens is 1. The van der Waals surface area contributed by atoms with Crippen LogP contribution in [-0.2, 0) is 9.53 Å². The van der Waals surface area contributed by atoms with Gasteiger partial charge in [-0.15, -0.1) is 0 Å². The number of benzene rings is 2. The van der Waals surface area contributed by atoms with Gasteiger partial charge >= 0.3 is 5.97 Å². The van der Waals surface area contributed by atoms with Crippen molar-refractivity contribution >= 4 is 11.8 Å². The molecule has 2 atom stereocenters. The van der Waals surface area contributed by atoms with Crippen LogP contribution in [0.3, 0.4) is 0 Å². The summed E-state index contributed by atoms with van der Waals surface area (Å²) in [7, 11) is 1.63. The first-order valence-electron chi connectivity index (χ1n) is 13.1. The standard InChI is InChI=1S/C29H37N2O4/c1-34-25-12-10-22(11-13-25)26(32)20-31-18-14-23(15-19-31)27(21-31)35-29(33)28(24-8-4-2-5-9-24)30-16-6-3-7-17-30/h2,4-5,8-13,23,27-28H,3,6-7,14-21H2,1H3/q+1/t23?,27-,28-,31?/m0/s1. The molecule has 0 radical (unpaired) electrons. The lowest BCUT2D eigenvalue weighted by atomic mass is 9.82. The minimum atomic E-state index is -0.346. The van der Waals surface area contributed by atoms with E-state index in [9.17, 15) is 9.59 Å². The van der Waals surface area contributed by atoms with E-state index < -0.39 is 0 Å². The number of nitrogens with zero attached hydrogens (tertiary/aromatic N) is 2. The van der Waals surface area contributed by atoms with Gasteiger partial charge in [0, 0.05) is 24.3 Å². The van der Waals surface area contributed by atoms with Crippen LogP contribution in [0.2, 0.25) is 0 Å². The number of fused-ring (bicyclic) bond motifs is 3. The van der Waals surface area contributed by atoms with Crippen LogP contribution in [0.25, 0.3) is 0 Å². The minimum Gasteiger partial charge on any atom is -0.497 e. The third kappa shape index (κ3) is 5.29. The zero-order valence-corrected chi connectivity index (χ0v) is 20.7. The molecule has 4 fully saturated rings. The van der Waals surface area contributed by atoms with Crippen molar-refractivity contribution in [2.24, 2.45) is 5.92 Å². The molecule has 0 saturated carbocycles. The number of rotatable bonds is 8. The van der Waals surface area contributed by atoms with Crippen molar-refractivity contribution in [1.29, 1.82) is 0 Å². The van der Waals surface area contributed by atoms with Crippen molar-refractivity contribution in [2.45, 2.75) is 44.2 Å². The Bertz CT molecular complexity index is 1010. The van der Waals surface area contributed by atoms with Crippen LogP contribution in [-0.4, -0.2) is 73.6 Å². The second-order valence-corrected chi connectivity index (χ2v) is 10.5. The van der Waals surface area contributed by atoms with E-state index >= 15 is 0 Å².